The Kier molecular flexibility index (Phi) is 5.56. The second-order valence-electron chi connectivity index (χ2n) is 9.98. The minimum atomic E-state index is -1.64. The molecular weight excluding hydrogens is 382 g/mol. The molecular formula is C24H33NO5. The Balaban J connectivity index is 1.52. The van der Waals surface area contributed by atoms with Crippen LogP contribution in [0.2, 0.25) is 0 Å². The monoisotopic (exact) mass is 415 g/mol. The first-order chi connectivity index (χ1) is 14.2. The number of hydrogen-bond donors (Lipinski definition) is 1. The van der Waals surface area contributed by atoms with Gasteiger partial charge in [0, 0.05) is 18.4 Å². The van der Waals surface area contributed by atoms with Gasteiger partial charge in [-0.1, -0.05) is 43.2 Å². The number of carbonyl (C=O) groups excluding carboxylic acids is 2. The number of benzene rings is 1. The van der Waals surface area contributed by atoms with Crippen LogP contribution in [-0.2, 0) is 19.9 Å². The van der Waals surface area contributed by atoms with E-state index in [1.54, 1.807) is 17.0 Å². The summed E-state index contributed by atoms with van der Waals surface area (Å²) in [5, 5.41) is 11.6. The van der Waals surface area contributed by atoms with E-state index in [2.05, 4.69) is 0 Å². The van der Waals surface area contributed by atoms with E-state index in [-0.39, 0.29) is 24.1 Å². The maximum absolute atomic E-state index is 13.4. The summed E-state index contributed by atoms with van der Waals surface area (Å²) in [6.45, 7) is 5.55. The average molecular weight is 416 g/mol. The Bertz CT molecular complexity index is 783. The van der Waals surface area contributed by atoms with Gasteiger partial charge in [-0.2, -0.15) is 0 Å². The topological polar surface area (TPSA) is 76.1 Å². The molecule has 2 saturated heterocycles. The number of hydrogen-bond acceptors (Lipinski definition) is 5. The van der Waals surface area contributed by atoms with Crippen LogP contribution in [0.25, 0.3) is 0 Å². The fraction of sp³-hybridized carbons (Fsp3) is 0.667. The summed E-state index contributed by atoms with van der Waals surface area (Å²) in [5.41, 5.74) is -1.62. The van der Waals surface area contributed by atoms with Gasteiger partial charge in [-0.25, -0.2) is 9.59 Å². The highest BCUT2D eigenvalue weighted by atomic mass is 16.6. The molecule has 1 amide bonds. The average Bonchev–Trinajstić information content (AvgIpc) is 3.43. The van der Waals surface area contributed by atoms with Crippen molar-refractivity contribution in [2.75, 3.05) is 0 Å². The maximum Gasteiger partial charge on any atom is 0.410 e. The molecule has 1 aromatic rings. The van der Waals surface area contributed by atoms with Gasteiger partial charge in [0.1, 0.15) is 11.7 Å². The van der Waals surface area contributed by atoms with E-state index in [1.165, 1.54) is 0 Å². The minimum absolute atomic E-state index is 0.0268. The number of esters is 1. The van der Waals surface area contributed by atoms with Crippen molar-refractivity contribution in [3.8, 4) is 0 Å². The lowest BCUT2D eigenvalue weighted by Crippen LogP contribution is -2.47. The van der Waals surface area contributed by atoms with Gasteiger partial charge < -0.3 is 14.6 Å². The smallest absolute Gasteiger partial charge is 0.410 e. The minimum Gasteiger partial charge on any atom is -0.458 e. The van der Waals surface area contributed by atoms with Crippen molar-refractivity contribution in [2.24, 2.45) is 5.92 Å². The molecule has 4 rings (SSSR count). The fourth-order valence-electron chi connectivity index (χ4n) is 5.44. The quantitative estimate of drug-likeness (QED) is 0.748. The van der Waals surface area contributed by atoms with Crippen LogP contribution in [-0.4, -0.2) is 45.9 Å². The van der Waals surface area contributed by atoms with Crippen LogP contribution < -0.4 is 0 Å². The molecule has 1 aliphatic carbocycles. The van der Waals surface area contributed by atoms with Crippen molar-refractivity contribution >= 4 is 12.1 Å². The van der Waals surface area contributed by atoms with Crippen molar-refractivity contribution in [3.05, 3.63) is 35.9 Å². The van der Waals surface area contributed by atoms with Gasteiger partial charge in [-0.05, 0) is 52.0 Å². The number of aliphatic hydroxyl groups is 1. The van der Waals surface area contributed by atoms with Crippen LogP contribution in [0.3, 0.4) is 0 Å². The lowest BCUT2D eigenvalue weighted by atomic mass is 9.80. The molecule has 3 fully saturated rings. The first-order valence-corrected chi connectivity index (χ1v) is 11.2. The predicted molar refractivity (Wildman–Crippen MR) is 112 cm³/mol. The number of fused-ring (bicyclic) bond motifs is 2. The summed E-state index contributed by atoms with van der Waals surface area (Å²) in [4.78, 5) is 27.8. The highest BCUT2D eigenvalue weighted by molar-refractivity contribution is 5.82. The molecule has 1 N–H and O–H groups in total. The van der Waals surface area contributed by atoms with Gasteiger partial charge in [0.05, 0.1) is 6.04 Å². The Morgan fingerprint density at radius 2 is 1.70 bits per heavy atom. The van der Waals surface area contributed by atoms with Crippen LogP contribution in [0.1, 0.15) is 71.3 Å². The van der Waals surface area contributed by atoms with E-state index in [4.69, 9.17) is 9.47 Å². The molecule has 4 atom stereocenters. The number of amides is 1. The third-order valence-electron chi connectivity index (χ3n) is 6.81. The van der Waals surface area contributed by atoms with Gasteiger partial charge >= 0.3 is 12.1 Å². The van der Waals surface area contributed by atoms with Gasteiger partial charge in [0.15, 0.2) is 5.60 Å². The number of rotatable bonds is 4. The van der Waals surface area contributed by atoms with Gasteiger partial charge in [-0.3, -0.25) is 4.90 Å². The molecule has 6 nitrogen and oxygen atoms in total. The first kappa shape index (κ1) is 21.2. The van der Waals surface area contributed by atoms with E-state index < -0.39 is 23.3 Å². The zero-order valence-corrected chi connectivity index (χ0v) is 18.2. The molecule has 30 heavy (non-hydrogen) atoms. The molecule has 6 heteroatoms. The van der Waals surface area contributed by atoms with Crippen molar-refractivity contribution in [2.45, 2.75) is 95.1 Å². The van der Waals surface area contributed by atoms with Gasteiger partial charge in [0.25, 0.3) is 0 Å². The van der Waals surface area contributed by atoms with Crippen molar-refractivity contribution in [1.29, 1.82) is 0 Å². The molecule has 1 unspecified atom stereocenters. The Morgan fingerprint density at radius 3 is 2.33 bits per heavy atom. The highest BCUT2D eigenvalue weighted by Crippen LogP contribution is 2.44. The summed E-state index contributed by atoms with van der Waals surface area (Å²) in [7, 11) is 0. The van der Waals surface area contributed by atoms with Gasteiger partial charge in [-0.15, -0.1) is 0 Å². The summed E-state index contributed by atoms with van der Waals surface area (Å²) in [5.74, 6) is -0.727. The zero-order valence-electron chi connectivity index (χ0n) is 18.2. The molecule has 2 heterocycles. The lowest BCUT2D eigenvalue weighted by molar-refractivity contribution is -0.180. The number of ether oxygens (including phenoxy) is 2. The molecule has 164 valence electrons. The zero-order chi connectivity index (χ0) is 21.5. The Morgan fingerprint density at radius 1 is 1.03 bits per heavy atom. The van der Waals surface area contributed by atoms with Crippen LogP contribution in [0.5, 0.6) is 0 Å². The summed E-state index contributed by atoms with van der Waals surface area (Å²) in [6.07, 6.45) is 5.16. The highest BCUT2D eigenvalue weighted by Gasteiger charge is 2.54. The summed E-state index contributed by atoms with van der Waals surface area (Å²) < 4.78 is 11.5. The van der Waals surface area contributed by atoms with Crippen LogP contribution in [0.4, 0.5) is 4.79 Å². The first-order valence-electron chi connectivity index (χ1n) is 11.2. The van der Waals surface area contributed by atoms with E-state index >= 15 is 0 Å². The Labute approximate surface area is 178 Å². The van der Waals surface area contributed by atoms with Crippen LogP contribution in [0.15, 0.2) is 30.3 Å². The van der Waals surface area contributed by atoms with Crippen molar-refractivity contribution in [1.82, 2.24) is 4.90 Å². The van der Waals surface area contributed by atoms with E-state index in [0.717, 1.165) is 38.5 Å². The Hall–Kier alpha value is -2.08. The summed E-state index contributed by atoms with van der Waals surface area (Å²) in [6, 6.07) is 8.99. The third-order valence-corrected chi connectivity index (χ3v) is 6.81. The molecule has 2 bridgehead atoms. The van der Waals surface area contributed by atoms with E-state index in [0.29, 0.717) is 12.0 Å². The van der Waals surface area contributed by atoms with E-state index in [9.17, 15) is 14.7 Å². The third kappa shape index (κ3) is 3.82. The second-order valence-corrected chi connectivity index (χ2v) is 9.98. The molecule has 0 aromatic heterocycles. The molecule has 2 aliphatic heterocycles. The van der Waals surface area contributed by atoms with Crippen LogP contribution in [0, 0.1) is 5.92 Å². The molecule has 3 aliphatic rings. The molecule has 1 saturated carbocycles. The summed E-state index contributed by atoms with van der Waals surface area (Å²) >= 11 is 0. The van der Waals surface area contributed by atoms with Crippen molar-refractivity contribution < 1.29 is 24.2 Å². The lowest BCUT2D eigenvalue weighted by Gasteiger charge is -2.34. The SMILES string of the molecule is CC(C)(C)OC(=O)N1C2CC[C@H]1[C@H](OC(=O)[C@](O)(c1ccccc1)C1CCCC1)C2. The normalized spacial score (nSPS) is 28.4. The fourth-order valence-corrected chi connectivity index (χ4v) is 5.44. The number of nitrogens with zero attached hydrogens (tertiary/aromatic N) is 1. The van der Waals surface area contributed by atoms with Crippen LogP contribution >= 0.6 is 0 Å². The van der Waals surface area contributed by atoms with Crippen molar-refractivity contribution in [3.63, 3.8) is 0 Å². The predicted octanol–water partition coefficient (Wildman–Crippen LogP) is 4.15. The molecule has 1 aromatic carbocycles. The van der Waals surface area contributed by atoms with Gasteiger partial charge in [0.2, 0.25) is 0 Å². The second kappa shape index (κ2) is 7.88. The standard InChI is InChI=1S/C24H33NO5/c1-23(2,3)30-22(27)25-18-13-14-19(25)20(15-18)29-21(26)24(28,17-11-7-8-12-17)16-9-5-4-6-10-16/h4-6,9-10,17-20,28H,7-8,11-15H2,1-3H3/t18?,19-,20+,24-/m0/s1. The number of carbonyl (C=O) groups is 2. The van der Waals surface area contributed by atoms with E-state index in [1.807, 2.05) is 39.0 Å². The molecule has 0 radical (unpaired) electrons. The molecule has 0 spiro atoms. The largest absolute Gasteiger partial charge is 0.458 e. The maximum atomic E-state index is 13.4.